The predicted molar refractivity (Wildman–Crippen MR) is 132 cm³/mol. The Bertz CT molecular complexity index is 1050. The monoisotopic (exact) mass is 504 g/mol. The third kappa shape index (κ3) is 4.96. The fourth-order valence-electron chi connectivity index (χ4n) is 5.51. The normalized spacial score (nSPS) is 26.1. The first-order valence-electron chi connectivity index (χ1n) is 11.5. The van der Waals surface area contributed by atoms with Crippen molar-refractivity contribution in [1.82, 2.24) is 10.6 Å². The van der Waals surface area contributed by atoms with Gasteiger partial charge in [-0.1, -0.05) is 47.5 Å². The molecule has 1 heterocycles. The van der Waals surface area contributed by atoms with Crippen LogP contribution in [0.4, 0.5) is 0 Å². The summed E-state index contributed by atoms with van der Waals surface area (Å²) in [5.41, 5.74) is 2.23. The fraction of sp³-hybridized carbons (Fsp3) is 0.462. The summed E-state index contributed by atoms with van der Waals surface area (Å²) < 4.78 is 10.4. The highest BCUT2D eigenvalue weighted by molar-refractivity contribution is 6.31. The van der Waals surface area contributed by atoms with E-state index in [2.05, 4.69) is 22.8 Å². The maximum absolute atomic E-state index is 13.2. The number of benzene rings is 2. The standard InChI is InChI=1S/C26H30Cl2N2O4/c1-16-3-8-19(22(28)13-16)20-9-10-26(30-23(31)15-34-12-11-33-2)21(14-29-25(26)32)24(20)17-4-6-18(27)7-5-17/h3-8,13,20-21,24H,9-12,14-15H2,1-2H3,(H,29,32)(H,30,31)/t20-,21-,24-,26-/m0/s1. The van der Waals surface area contributed by atoms with Crippen LogP contribution in [0.15, 0.2) is 42.5 Å². The third-order valence-corrected chi connectivity index (χ3v) is 7.65. The average Bonchev–Trinajstić information content (AvgIpc) is 3.13. The lowest BCUT2D eigenvalue weighted by molar-refractivity contribution is -0.136. The molecule has 2 aromatic rings. The van der Waals surface area contributed by atoms with Crippen molar-refractivity contribution in [3.05, 3.63) is 69.2 Å². The van der Waals surface area contributed by atoms with E-state index < -0.39 is 5.54 Å². The van der Waals surface area contributed by atoms with Gasteiger partial charge in [0.05, 0.1) is 13.2 Å². The minimum absolute atomic E-state index is 0.0418. The van der Waals surface area contributed by atoms with Crippen molar-refractivity contribution < 1.29 is 19.1 Å². The molecule has 0 unspecified atom stereocenters. The summed E-state index contributed by atoms with van der Waals surface area (Å²) in [6.45, 7) is 3.08. The minimum Gasteiger partial charge on any atom is -0.382 e. The average molecular weight is 505 g/mol. The maximum Gasteiger partial charge on any atom is 0.246 e. The fourth-order valence-corrected chi connectivity index (χ4v) is 6.02. The van der Waals surface area contributed by atoms with Crippen LogP contribution in [0, 0.1) is 12.8 Å². The molecule has 0 aromatic heterocycles. The van der Waals surface area contributed by atoms with E-state index in [0.717, 1.165) is 21.7 Å². The van der Waals surface area contributed by atoms with Crippen molar-refractivity contribution in [2.75, 3.05) is 33.5 Å². The number of fused-ring (bicyclic) bond motifs is 1. The van der Waals surface area contributed by atoms with Gasteiger partial charge in [0.1, 0.15) is 12.1 Å². The number of hydrogen-bond acceptors (Lipinski definition) is 4. The van der Waals surface area contributed by atoms with Gasteiger partial charge in [-0.25, -0.2) is 0 Å². The Kier molecular flexibility index (Phi) is 7.83. The highest BCUT2D eigenvalue weighted by Gasteiger charge is 2.58. The molecule has 4 rings (SSSR count). The number of halogens is 2. The number of aryl methyl sites for hydroxylation is 1. The highest BCUT2D eigenvalue weighted by atomic mass is 35.5. The summed E-state index contributed by atoms with van der Waals surface area (Å²) in [5.74, 6) is -0.551. The number of rotatable bonds is 8. The SMILES string of the molecule is COCCOCC(=O)N[C@@]12CC[C@@H](c3ccc(C)cc3Cl)[C@H](c3ccc(Cl)cc3)[C@@H]1CNC2=O. The lowest BCUT2D eigenvalue weighted by Gasteiger charge is -2.46. The quantitative estimate of drug-likeness (QED) is 0.527. The Morgan fingerprint density at radius 1 is 1.18 bits per heavy atom. The first-order chi connectivity index (χ1) is 16.4. The molecule has 0 spiro atoms. The first kappa shape index (κ1) is 25.0. The molecule has 2 amide bonds. The molecule has 2 fully saturated rings. The van der Waals surface area contributed by atoms with Gasteiger partial charge in [0.15, 0.2) is 0 Å². The Morgan fingerprint density at radius 2 is 1.94 bits per heavy atom. The molecule has 0 radical (unpaired) electrons. The molecule has 2 N–H and O–H groups in total. The van der Waals surface area contributed by atoms with E-state index >= 15 is 0 Å². The summed E-state index contributed by atoms with van der Waals surface area (Å²) in [6, 6.07) is 13.9. The molecule has 8 heteroatoms. The van der Waals surface area contributed by atoms with Crippen LogP contribution < -0.4 is 10.6 Å². The summed E-state index contributed by atoms with van der Waals surface area (Å²) >= 11 is 12.9. The van der Waals surface area contributed by atoms with Gasteiger partial charge in [-0.3, -0.25) is 9.59 Å². The topological polar surface area (TPSA) is 76.7 Å². The molecule has 2 aliphatic rings. The number of carbonyl (C=O) groups excluding carboxylic acids is 2. The van der Waals surface area contributed by atoms with Crippen molar-refractivity contribution in [1.29, 1.82) is 0 Å². The van der Waals surface area contributed by atoms with Gasteiger partial charge >= 0.3 is 0 Å². The van der Waals surface area contributed by atoms with Crippen LogP contribution in [-0.2, 0) is 19.1 Å². The van der Waals surface area contributed by atoms with Gasteiger partial charge in [-0.05, 0) is 66.5 Å². The third-order valence-electron chi connectivity index (χ3n) is 7.08. The second kappa shape index (κ2) is 10.6. The maximum atomic E-state index is 13.2. The lowest BCUT2D eigenvalue weighted by atomic mass is 9.60. The van der Waals surface area contributed by atoms with Crippen LogP contribution in [-0.4, -0.2) is 50.8 Å². The van der Waals surface area contributed by atoms with E-state index in [-0.39, 0.29) is 36.2 Å². The molecular formula is C26H30Cl2N2O4. The van der Waals surface area contributed by atoms with Crippen LogP contribution in [0.5, 0.6) is 0 Å². The summed E-state index contributed by atoms with van der Waals surface area (Å²) in [5, 5.41) is 7.45. The molecule has 182 valence electrons. The molecule has 1 saturated heterocycles. The van der Waals surface area contributed by atoms with E-state index in [4.69, 9.17) is 32.7 Å². The molecular weight excluding hydrogens is 475 g/mol. The van der Waals surface area contributed by atoms with E-state index in [1.807, 2.05) is 37.3 Å². The van der Waals surface area contributed by atoms with Crippen molar-refractivity contribution in [3.63, 3.8) is 0 Å². The smallest absolute Gasteiger partial charge is 0.246 e. The van der Waals surface area contributed by atoms with Crippen molar-refractivity contribution in [3.8, 4) is 0 Å². The molecule has 2 aromatic carbocycles. The zero-order valence-electron chi connectivity index (χ0n) is 19.4. The van der Waals surface area contributed by atoms with E-state index in [0.29, 0.717) is 37.6 Å². The van der Waals surface area contributed by atoms with Crippen LogP contribution >= 0.6 is 23.2 Å². The largest absolute Gasteiger partial charge is 0.382 e. The van der Waals surface area contributed by atoms with Crippen molar-refractivity contribution in [2.45, 2.75) is 37.1 Å². The zero-order valence-corrected chi connectivity index (χ0v) is 20.9. The van der Waals surface area contributed by atoms with Gasteiger partial charge < -0.3 is 20.1 Å². The van der Waals surface area contributed by atoms with E-state index in [9.17, 15) is 9.59 Å². The Labute approximate surface area is 210 Å². The van der Waals surface area contributed by atoms with Gasteiger partial charge in [0.2, 0.25) is 11.8 Å². The molecule has 0 bridgehead atoms. The summed E-state index contributed by atoms with van der Waals surface area (Å²) in [4.78, 5) is 26.0. The van der Waals surface area contributed by atoms with Gasteiger partial charge in [0, 0.05) is 29.6 Å². The Morgan fingerprint density at radius 3 is 2.65 bits per heavy atom. The van der Waals surface area contributed by atoms with Crippen LogP contribution in [0.3, 0.4) is 0 Å². The van der Waals surface area contributed by atoms with Crippen molar-refractivity contribution >= 4 is 35.0 Å². The number of ether oxygens (including phenoxy) is 2. The number of carbonyl (C=O) groups is 2. The second-order valence-corrected chi connectivity index (χ2v) is 9.97. The number of nitrogens with one attached hydrogen (secondary N) is 2. The zero-order chi connectivity index (χ0) is 24.3. The minimum atomic E-state index is -1.00. The van der Waals surface area contributed by atoms with Gasteiger partial charge in [0.25, 0.3) is 0 Å². The summed E-state index contributed by atoms with van der Waals surface area (Å²) in [6.07, 6.45) is 1.22. The predicted octanol–water partition coefficient (Wildman–Crippen LogP) is 4.23. The first-order valence-corrected chi connectivity index (χ1v) is 12.3. The van der Waals surface area contributed by atoms with Crippen molar-refractivity contribution in [2.24, 2.45) is 5.92 Å². The number of methoxy groups -OCH3 is 1. The number of hydrogen-bond donors (Lipinski definition) is 2. The Hall–Kier alpha value is -2.12. The van der Waals surface area contributed by atoms with Gasteiger partial charge in [-0.15, -0.1) is 0 Å². The highest BCUT2D eigenvalue weighted by Crippen LogP contribution is 2.54. The Balaban J connectivity index is 1.68. The molecule has 1 aliphatic heterocycles. The number of amides is 2. The van der Waals surface area contributed by atoms with Gasteiger partial charge in [-0.2, -0.15) is 0 Å². The molecule has 1 aliphatic carbocycles. The second-order valence-electron chi connectivity index (χ2n) is 9.13. The summed E-state index contributed by atoms with van der Waals surface area (Å²) in [7, 11) is 1.57. The molecule has 34 heavy (non-hydrogen) atoms. The van der Waals surface area contributed by atoms with Crippen LogP contribution in [0.25, 0.3) is 0 Å². The van der Waals surface area contributed by atoms with Crippen LogP contribution in [0.1, 0.15) is 41.4 Å². The van der Waals surface area contributed by atoms with Crippen LogP contribution in [0.2, 0.25) is 10.0 Å². The lowest BCUT2D eigenvalue weighted by Crippen LogP contribution is -2.61. The molecule has 4 atom stereocenters. The molecule has 6 nitrogen and oxygen atoms in total. The molecule has 1 saturated carbocycles. The van der Waals surface area contributed by atoms with E-state index in [1.165, 1.54) is 0 Å². The van der Waals surface area contributed by atoms with E-state index in [1.54, 1.807) is 7.11 Å².